The van der Waals surface area contributed by atoms with E-state index in [4.69, 9.17) is 0 Å². The maximum Gasteiger partial charge on any atom is 0.247 e. The average molecular weight is 339 g/mol. The molecule has 0 bridgehead atoms. The lowest BCUT2D eigenvalue weighted by Crippen LogP contribution is -2.31. The normalized spacial score (nSPS) is 24.8. The van der Waals surface area contributed by atoms with E-state index < -0.39 is 23.8 Å². The fraction of sp³-hybridized carbons (Fsp3) is 0.471. The summed E-state index contributed by atoms with van der Waals surface area (Å²) >= 11 is 1.86. The number of allylic oxidation sites excluding steroid dienone is 1. The standard InChI is InChI=1S/C17H19F2NO2S/c18-12-1-2-15(19)14(8-12)16-9-13(21)10-20(16)17(22)7-11-3-5-23-6-4-11/h1-2,7-8,13,16,21H,3-6,9-10H2. The Hall–Kier alpha value is -1.40. The van der Waals surface area contributed by atoms with Crippen molar-refractivity contribution in [2.75, 3.05) is 18.1 Å². The molecule has 0 spiro atoms. The predicted octanol–water partition coefficient (Wildman–Crippen LogP) is 3.05. The number of nitrogens with zero attached hydrogens (tertiary/aromatic N) is 1. The molecule has 1 N–H and O–H groups in total. The molecule has 2 unspecified atom stereocenters. The van der Waals surface area contributed by atoms with E-state index in [1.165, 1.54) is 4.90 Å². The highest BCUT2D eigenvalue weighted by atomic mass is 32.2. The van der Waals surface area contributed by atoms with Crippen LogP contribution in [-0.4, -0.2) is 40.1 Å². The molecule has 0 aliphatic carbocycles. The average Bonchev–Trinajstić information content (AvgIpc) is 2.92. The third-order valence-electron chi connectivity index (χ3n) is 4.34. The number of likely N-dealkylation sites (tertiary alicyclic amines) is 1. The largest absolute Gasteiger partial charge is 0.391 e. The first-order chi connectivity index (χ1) is 11.0. The van der Waals surface area contributed by atoms with E-state index in [1.54, 1.807) is 6.08 Å². The smallest absolute Gasteiger partial charge is 0.247 e. The van der Waals surface area contributed by atoms with E-state index in [0.29, 0.717) is 0 Å². The van der Waals surface area contributed by atoms with Crippen molar-refractivity contribution in [3.63, 3.8) is 0 Å². The maximum atomic E-state index is 14.0. The Bertz CT molecular complexity index is 627. The summed E-state index contributed by atoms with van der Waals surface area (Å²) < 4.78 is 27.5. The van der Waals surface area contributed by atoms with E-state index in [1.807, 2.05) is 11.8 Å². The minimum Gasteiger partial charge on any atom is -0.391 e. The van der Waals surface area contributed by atoms with Gasteiger partial charge in [0.15, 0.2) is 0 Å². The summed E-state index contributed by atoms with van der Waals surface area (Å²) in [5.74, 6) is 0.688. The minimum atomic E-state index is -0.716. The molecule has 6 heteroatoms. The Balaban J connectivity index is 1.84. The van der Waals surface area contributed by atoms with Crippen molar-refractivity contribution in [3.8, 4) is 0 Å². The van der Waals surface area contributed by atoms with Crippen LogP contribution < -0.4 is 0 Å². The van der Waals surface area contributed by atoms with Gasteiger partial charge in [-0.1, -0.05) is 5.57 Å². The monoisotopic (exact) mass is 339 g/mol. The van der Waals surface area contributed by atoms with Gasteiger partial charge in [-0.15, -0.1) is 0 Å². The predicted molar refractivity (Wildman–Crippen MR) is 86.1 cm³/mol. The van der Waals surface area contributed by atoms with Gasteiger partial charge in [-0.2, -0.15) is 11.8 Å². The van der Waals surface area contributed by atoms with Crippen LogP contribution in [0.25, 0.3) is 0 Å². The quantitative estimate of drug-likeness (QED) is 0.842. The summed E-state index contributed by atoms with van der Waals surface area (Å²) in [6, 6.07) is 2.61. The van der Waals surface area contributed by atoms with Crippen LogP contribution in [0, 0.1) is 11.6 Å². The fourth-order valence-electron chi connectivity index (χ4n) is 3.16. The van der Waals surface area contributed by atoms with Gasteiger partial charge in [0.1, 0.15) is 11.6 Å². The fourth-order valence-corrected chi connectivity index (χ4v) is 4.17. The molecule has 2 saturated heterocycles. The first-order valence-electron chi connectivity index (χ1n) is 7.75. The van der Waals surface area contributed by atoms with Gasteiger partial charge >= 0.3 is 0 Å². The molecular formula is C17H19F2NO2S. The first-order valence-corrected chi connectivity index (χ1v) is 8.91. The number of hydrogen-bond donors (Lipinski definition) is 1. The summed E-state index contributed by atoms with van der Waals surface area (Å²) in [6.45, 7) is 0.151. The number of β-amino-alcohol motifs (C(OH)–C–C–N with tert-alkyl or cyclic N) is 1. The number of carbonyl (C=O) groups is 1. The summed E-state index contributed by atoms with van der Waals surface area (Å²) in [6.07, 6.45) is 2.89. The Kier molecular flexibility index (Phi) is 5.02. The van der Waals surface area contributed by atoms with Gasteiger partial charge in [-0.25, -0.2) is 8.78 Å². The van der Waals surface area contributed by atoms with Crippen LogP contribution in [0.2, 0.25) is 0 Å². The third kappa shape index (κ3) is 3.75. The van der Waals surface area contributed by atoms with E-state index in [-0.39, 0.29) is 24.4 Å². The second kappa shape index (κ2) is 7.01. The van der Waals surface area contributed by atoms with Crippen molar-refractivity contribution in [1.82, 2.24) is 4.90 Å². The van der Waals surface area contributed by atoms with Gasteiger partial charge in [0.25, 0.3) is 0 Å². The molecule has 3 nitrogen and oxygen atoms in total. The maximum absolute atomic E-state index is 14.0. The molecule has 0 aromatic heterocycles. The molecule has 3 rings (SSSR count). The second-order valence-corrected chi connectivity index (χ2v) is 7.20. The van der Waals surface area contributed by atoms with Crippen LogP contribution in [0.1, 0.15) is 30.9 Å². The van der Waals surface area contributed by atoms with E-state index >= 15 is 0 Å². The molecule has 2 fully saturated rings. The van der Waals surface area contributed by atoms with Gasteiger partial charge in [-0.3, -0.25) is 4.79 Å². The second-order valence-electron chi connectivity index (χ2n) is 5.98. The molecule has 23 heavy (non-hydrogen) atoms. The molecule has 0 radical (unpaired) electrons. The summed E-state index contributed by atoms with van der Waals surface area (Å²) in [5.41, 5.74) is 1.22. The van der Waals surface area contributed by atoms with Crippen LogP contribution in [0.4, 0.5) is 8.78 Å². The molecule has 1 aromatic carbocycles. The Morgan fingerprint density at radius 3 is 2.78 bits per heavy atom. The van der Waals surface area contributed by atoms with Crippen LogP contribution in [0.15, 0.2) is 29.8 Å². The van der Waals surface area contributed by atoms with Gasteiger partial charge < -0.3 is 10.0 Å². The van der Waals surface area contributed by atoms with Gasteiger partial charge in [-0.05, 0) is 49.0 Å². The van der Waals surface area contributed by atoms with Crippen LogP contribution >= 0.6 is 11.8 Å². The van der Waals surface area contributed by atoms with E-state index in [9.17, 15) is 18.7 Å². The lowest BCUT2D eigenvalue weighted by Gasteiger charge is -2.25. The summed E-state index contributed by atoms with van der Waals surface area (Å²) in [5, 5.41) is 9.91. The highest BCUT2D eigenvalue weighted by molar-refractivity contribution is 7.99. The highest BCUT2D eigenvalue weighted by Gasteiger charge is 2.36. The van der Waals surface area contributed by atoms with Crippen LogP contribution in [0.3, 0.4) is 0 Å². The Morgan fingerprint density at radius 1 is 1.30 bits per heavy atom. The number of amides is 1. The molecule has 1 amide bonds. The molecule has 124 valence electrons. The lowest BCUT2D eigenvalue weighted by atomic mass is 10.0. The summed E-state index contributed by atoms with van der Waals surface area (Å²) in [4.78, 5) is 14.0. The van der Waals surface area contributed by atoms with Crippen LogP contribution in [-0.2, 0) is 4.79 Å². The van der Waals surface area contributed by atoms with Crippen molar-refractivity contribution in [1.29, 1.82) is 0 Å². The van der Waals surface area contributed by atoms with E-state index in [2.05, 4.69) is 0 Å². The number of halogens is 2. The zero-order valence-corrected chi connectivity index (χ0v) is 13.5. The SMILES string of the molecule is O=C(C=C1CCSCC1)N1CC(O)CC1c1cc(F)ccc1F. The number of thioether (sulfide) groups is 1. The van der Waals surface area contributed by atoms with Gasteiger partial charge in [0.05, 0.1) is 12.1 Å². The number of aliphatic hydroxyl groups excluding tert-OH is 1. The molecule has 2 aliphatic heterocycles. The first kappa shape index (κ1) is 16.5. The summed E-state index contributed by atoms with van der Waals surface area (Å²) in [7, 11) is 0. The highest BCUT2D eigenvalue weighted by Crippen LogP contribution is 2.34. The van der Waals surface area contributed by atoms with Crippen LogP contribution in [0.5, 0.6) is 0 Å². The Morgan fingerprint density at radius 2 is 2.04 bits per heavy atom. The Labute approximate surface area is 138 Å². The zero-order valence-electron chi connectivity index (χ0n) is 12.7. The van der Waals surface area contributed by atoms with Crippen molar-refractivity contribution in [3.05, 3.63) is 47.0 Å². The van der Waals surface area contributed by atoms with Crippen molar-refractivity contribution in [2.45, 2.75) is 31.4 Å². The number of carbonyl (C=O) groups excluding carboxylic acids is 1. The zero-order chi connectivity index (χ0) is 16.4. The molecule has 2 aliphatic rings. The number of aliphatic hydroxyl groups is 1. The van der Waals surface area contributed by atoms with Crippen molar-refractivity contribution < 1.29 is 18.7 Å². The van der Waals surface area contributed by atoms with Crippen molar-refractivity contribution >= 4 is 17.7 Å². The topological polar surface area (TPSA) is 40.5 Å². The number of benzene rings is 1. The minimum absolute atomic E-state index is 0.132. The molecule has 0 saturated carbocycles. The number of hydrogen-bond acceptors (Lipinski definition) is 3. The third-order valence-corrected chi connectivity index (χ3v) is 5.33. The molecular weight excluding hydrogens is 320 g/mol. The molecule has 2 heterocycles. The number of rotatable bonds is 2. The molecule has 2 atom stereocenters. The van der Waals surface area contributed by atoms with Gasteiger partial charge in [0.2, 0.25) is 5.91 Å². The lowest BCUT2D eigenvalue weighted by molar-refractivity contribution is -0.127. The van der Waals surface area contributed by atoms with Gasteiger partial charge in [0, 0.05) is 18.2 Å². The molecule has 1 aromatic rings. The van der Waals surface area contributed by atoms with E-state index in [0.717, 1.165) is 48.1 Å². The van der Waals surface area contributed by atoms with Crippen molar-refractivity contribution in [2.24, 2.45) is 0 Å².